The smallest absolute Gasteiger partial charge is 0.341 e. The van der Waals surface area contributed by atoms with Gasteiger partial charge in [0.15, 0.2) is 0 Å². The third kappa shape index (κ3) is 3.52. The second-order valence-corrected chi connectivity index (χ2v) is 4.05. The standard InChI is InChI=1S/C11H18FN3O2/c1-8(9-5-13-15(3)6-9)14(2)7-10(12)11(16)17-4/h5-6,8,10H,7H2,1-4H3/t8-,10+/m1/s1. The first-order valence-electron chi connectivity index (χ1n) is 5.36. The van der Waals surface area contributed by atoms with Crippen LogP contribution >= 0.6 is 0 Å². The molecule has 0 radical (unpaired) electrons. The van der Waals surface area contributed by atoms with Crippen LogP contribution in [0.25, 0.3) is 0 Å². The molecule has 0 fully saturated rings. The molecule has 1 rings (SSSR count). The van der Waals surface area contributed by atoms with Crippen molar-refractivity contribution in [3.63, 3.8) is 0 Å². The number of aryl methyl sites for hydroxylation is 1. The summed E-state index contributed by atoms with van der Waals surface area (Å²) in [5.41, 5.74) is 0.979. The molecular formula is C11H18FN3O2. The second-order valence-electron chi connectivity index (χ2n) is 4.05. The minimum Gasteiger partial charge on any atom is -0.467 e. The number of carbonyl (C=O) groups excluding carboxylic acids is 1. The van der Waals surface area contributed by atoms with Gasteiger partial charge in [-0.25, -0.2) is 9.18 Å². The van der Waals surface area contributed by atoms with Gasteiger partial charge in [-0.2, -0.15) is 5.10 Å². The van der Waals surface area contributed by atoms with Gasteiger partial charge in [-0.15, -0.1) is 0 Å². The lowest BCUT2D eigenvalue weighted by molar-refractivity contribution is -0.147. The van der Waals surface area contributed by atoms with Gasteiger partial charge in [0.25, 0.3) is 0 Å². The Morgan fingerprint density at radius 2 is 2.35 bits per heavy atom. The summed E-state index contributed by atoms with van der Waals surface area (Å²) in [5.74, 6) is -0.838. The molecule has 5 nitrogen and oxygen atoms in total. The van der Waals surface area contributed by atoms with Crippen molar-refractivity contribution in [2.24, 2.45) is 7.05 Å². The van der Waals surface area contributed by atoms with E-state index in [4.69, 9.17) is 0 Å². The van der Waals surface area contributed by atoms with Gasteiger partial charge in [0.05, 0.1) is 13.3 Å². The van der Waals surface area contributed by atoms with Crippen molar-refractivity contribution in [3.8, 4) is 0 Å². The Kier molecular flexibility index (Phi) is 4.62. The maximum absolute atomic E-state index is 13.4. The summed E-state index contributed by atoms with van der Waals surface area (Å²) < 4.78 is 19.4. The number of rotatable bonds is 5. The maximum atomic E-state index is 13.4. The molecule has 17 heavy (non-hydrogen) atoms. The summed E-state index contributed by atoms with van der Waals surface area (Å²) in [4.78, 5) is 12.7. The molecular weight excluding hydrogens is 225 g/mol. The summed E-state index contributed by atoms with van der Waals surface area (Å²) in [7, 11) is 4.76. The number of esters is 1. The van der Waals surface area contributed by atoms with Crippen molar-refractivity contribution in [2.45, 2.75) is 19.1 Å². The number of alkyl halides is 1. The molecule has 6 heteroatoms. The molecule has 0 bridgehead atoms. The highest BCUT2D eigenvalue weighted by Gasteiger charge is 2.23. The number of aromatic nitrogens is 2. The molecule has 0 amide bonds. The van der Waals surface area contributed by atoms with Crippen LogP contribution in [0.2, 0.25) is 0 Å². The van der Waals surface area contributed by atoms with Gasteiger partial charge in [0, 0.05) is 31.4 Å². The fourth-order valence-corrected chi connectivity index (χ4v) is 1.52. The molecule has 0 unspecified atom stereocenters. The van der Waals surface area contributed by atoms with E-state index in [0.29, 0.717) is 0 Å². The zero-order valence-corrected chi connectivity index (χ0v) is 10.6. The van der Waals surface area contributed by atoms with Crippen molar-refractivity contribution in [1.29, 1.82) is 0 Å². The van der Waals surface area contributed by atoms with Gasteiger partial charge < -0.3 is 4.74 Å². The maximum Gasteiger partial charge on any atom is 0.341 e. The van der Waals surface area contributed by atoms with E-state index < -0.39 is 12.1 Å². The first-order valence-corrected chi connectivity index (χ1v) is 5.36. The lowest BCUT2D eigenvalue weighted by atomic mass is 10.1. The summed E-state index contributed by atoms with van der Waals surface area (Å²) in [6.07, 6.45) is 1.98. The minimum atomic E-state index is -1.62. The van der Waals surface area contributed by atoms with Crippen molar-refractivity contribution < 1.29 is 13.9 Å². The molecule has 1 aromatic rings. The third-order valence-electron chi connectivity index (χ3n) is 2.77. The normalized spacial score (nSPS) is 14.7. The monoisotopic (exact) mass is 243 g/mol. The zero-order chi connectivity index (χ0) is 13.0. The summed E-state index contributed by atoms with van der Waals surface area (Å²) in [6.45, 7) is 1.93. The van der Waals surface area contributed by atoms with Gasteiger partial charge in [-0.1, -0.05) is 0 Å². The number of nitrogens with zero attached hydrogens (tertiary/aromatic N) is 3. The number of ether oxygens (including phenoxy) is 1. The van der Waals surface area contributed by atoms with E-state index >= 15 is 0 Å². The quantitative estimate of drug-likeness (QED) is 0.722. The minimum absolute atomic E-state index is 0.00271. The summed E-state index contributed by atoms with van der Waals surface area (Å²) in [6, 6.07) is -0.00777. The van der Waals surface area contributed by atoms with E-state index in [1.807, 2.05) is 20.2 Å². The summed E-state index contributed by atoms with van der Waals surface area (Å²) in [5, 5.41) is 4.06. The number of hydrogen-bond acceptors (Lipinski definition) is 4. The van der Waals surface area contributed by atoms with Crippen molar-refractivity contribution in [2.75, 3.05) is 20.7 Å². The van der Waals surface area contributed by atoms with Crippen LogP contribution in [0.4, 0.5) is 4.39 Å². The predicted molar refractivity (Wildman–Crippen MR) is 61.2 cm³/mol. The number of halogens is 1. The van der Waals surface area contributed by atoms with E-state index in [0.717, 1.165) is 5.56 Å². The Morgan fingerprint density at radius 3 is 2.82 bits per heavy atom. The van der Waals surface area contributed by atoms with Crippen LogP contribution in [0, 0.1) is 0 Å². The molecule has 0 saturated carbocycles. The Labute approximate surface area is 100 Å². The van der Waals surface area contributed by atoms with Crippen molar-refractivity contribution >= 4 is 5.97 Å². The van der Waals surface area contributed by atoms with Crippen LogP contribution in [-0.2, 0) is 16.6 Å². The lowest BCUT2D eigenvalue weighted by Gasteiger charge is -2.24. The Hall–Kier alpha value is -1.43. The molecule has 96 valence electrons. The Bertz CT molecular complexity index is 381. The molecule has 0 spiro atoms. The molecule has 0 aliphatic heterocycles. The molecule has 0 aliphatic carbocycles. The van der Waals surface area contributed by atoms with E-state index in [1.165, 1.54) is 7.11 Å². The van der Waals surface area contributed by atoms with Gasteiger partial charge in [0.1, 0.15) is 0 Å². The molecule has 0 saturated heterocycles. The van der Waals surface area contributed by atoms with Gasteiger partial charge in [-0.05, 0) is 14.0 Å². The molecule has 1 aromatic heterocycles. The Balaban J connectivity index is 2.58. The van der Waals surface area contributed by atoms with E-state index in [1.54, 1.807) is 22.8 Å². The van der Waals surface area contributed by atoms with Crippen LogP contribution in [0.1, 0.15) is 18.5 Å². The topological polar surface area (TPSA) is 47.4 Å². The average molecular weight is 243 g/mol. The second kappa shape index (κ2) is 5.77. The van der Waals surface area contributed by atoms with Crippen LogP contribution in [-0.4, -0.2) is 47.5 Å². The number of methoxy groups -OCH3 is 1. The lowest BCUT2D eigenvalue weighted by Crippen LogP contribution is -2.34. The van der Waals surface area contributed by atoms with E-state index in [-0.39, 0.29) is 12.6 Å². The molecule has 0 aliphatic rings. The van der Waals surface area contributed by atoms with Gasteiger partial charge in [0.2, 0.25) is 6.17 Å². The average Bonchev–Trinajstić information content (AvgIpc) is 2.73. The first kappa shape index (κ1) is 13.6. The van der Waals surface area contributed by atoms with Gasteiger partial charge in [-0.3, -0.25) is 9.58 Å². The Morgan fingerprint density at radius 1 is 1.71 bits per heavy atom. The van der Waals surface area contributed by atoms with Gasteiger partial charge >= 0.3 is 5.97 Å². The number of carbonyl (C=O) groups is 1. The van der Waals surface area contributed by atoms with E-state index in [9.17, 15) is 9.18 Å². The zero-order valence-electron chi connectivity index (χ0n) is 10.6. The van der Waals surface area contributed by atoms with Crippen molar-refractivity contribution in [1.82, 2.24) is 14.7 Å². The first-order chi connectivity index (χ1) is 7.95. The fourth-order valence-electron chi connectivity index (χ4n) is 1.52. The highest BCUT2D eigenvalue weighted by molar-refractivity contribution is 5.74. The molecule has 2 atom stereocenters. The number of hydrogen-bond donors (Lipinski definition) is 0. The SMILES string of the molecule is COC(=O)[C@@H](F)CN(C)[C@H](C)c1cnn(C)c1. The fraction of sp³-hybridized carbons (Fsp3) is 0.636. The molecule has 0 aromatic carbocycles. The van der Waals surface area contributed by atoms with Crippen molar-refractivity contribution in [3.05, 3.63) is 18.0 Å². The van der Waals surface area contributed by atoms with Crippen LogP contribution < -0.4 is 0 Å². The third-order valence-corrected chi connectivity index (χ3v) is 2.77. The van der Waals surface area contributed by atoms with Crippen LogP contribution in [0.3, 0.4) is 0 Å². The highest BCUT2D eigenvalue weighted by atomic mass is 19.1. The largest absolute Gasteiger partial charge is 0.467 e. The van der Waals surface area contributed by atoms with Crippen LogP contribution in [0.5, 0.6) is 0 Å². The highest BCUT2D eigenvalue weighted by Crippen LogP contribution is 2.18. The summed E-state index contributed by atoms with van der Waals surface area (Å²) >= 11 is 0. The molecule has 1 heterocycles. The van der Waals surface area contributed by atoms with Crippen LogP contribution in [0.15, 0.2) is 12.4 Å². The van der Waals surface area contributed by atoms with E-state index in [2.05, 4.69) is 9.84 Å². The molecule has 0 N–H and O–H groups in total. The predicted octanol–water partition coefficient (Wildman–Crippen LogP) is 0.924.